The average Bonchev–Trinajstić information content (AvgIpc) is 2.65. The van der Waals surface area contributed by atoms with Crippen LogP contribution in [0.5, 0.6) is 5.75 Å². The van der Waals surface area contributed by atoms with Gasteiger partial charge in [-0.15, -0.1) is 6.42 Å². The Morgan fingerprint density at radius 2 is 2.12 bits per heavy atom. The molecule has 0 aliphatic rings. The van der Waals surface area contributed by atoms with E-state index in [0.717, 1.165) is 0 Å². The summed E-state index contributed by atoms with van der Waals surface area (Å²) in [5, 5.41) is 2.45. The van der Waals surface area contributed by atoms with Crippen LogP contribution < -0.4 is 10.1 Å². The molecule has 1 atom stereocenters. The first-order chi connectivity index (χ1) is 12.0. The highest BCUT2D eigenvalue weighted by molar-refractivity contribution is 6.02. The Hall–Kier alpha value is -3.14. The molecule has 0 aliphatic carbocycles. The zero-order valence-electron chi connectivity index (χ0n) is 14.2. The van der Waals surface area contributed by atoms with E-state index in [1.807, 2.05) is 0 Å². The van der Waals surface area contributed by atoms with Crippen LogP contribution in [0.3, 0.4) is 0 Å². The zero-order chi connectivity index (χ0) is 18.8. The van der Waals surface area contributed by atoms with E-state index in [-0.39, 0.29) is 36.5 Å². The first-order valence-electron chi connectivity index (χ1n) is 7.57. The summed E-state index contributed by atoms with van der Waals surface area (Å²) < 4.78 is 5.22. The van der Waals surface area contributed by atoms with Gasteiger partial charge in [-0.3, -0.25) is 14.4 Å². The smallest absolute Gasteiger partial charge is 0.254 e. The quantitative estimate of drug-likeness (QED) is 0.525. The number of nitrogens with zero attached hydrogens (tertiary/aromatic N) is 1. The molecule has 25 heavy (non-hydrogen) atoms. The number of hydrogen-bond acceptors (Lipinski definition) is 5. The zero-order valence-corrected chi connectivity index (χ0v) is 14.2. The van der Waals surface area contributed by atoms with Gasteiger partial charge in [0.15, 0.2) is 6.29 Å². The summed E-state index contributed by atoms with van der Waals surface area (Å²) in [6.45, 7) is 0.0399. The minimum atomic E-state index is -0.776. The maximum absolute atomic E-state index is 12.6. The van der Waals surface area contributed by atoms with E-state index in [0.29, 0.717) is 18.3 Å². The van der Waals surface area contributed by atoms with Gasteiger partial charge >= 0.3 is 0 Å². The first kappa shape index (κ1) is 19.9. The van der Waals surface area contributed by atoms with Crippen molar-refractivity contribution in [1.29, 1.82) is 0 Å². The van der Waals surface area contributed by atoms with Crippen LogP contribution in [-0.4, -0.2) is 56.0 Å². The van der Waals surface area contributed by atoms with E-state index in [1.54, 1.807) is 0 Å². The highest BCUT2D eigenvalue weighted by atomic mass is 16.5. The molecule has 7 heteroatoms. The summed E-state index contributed by atoms with van der Waals surface area (Å²) in [7, 11) is 2.94. The summed E-state index contributed by atoms with van der Waals surface area (Å²) in [5.41, 5.74) is 0.264. The molecule has 7 nitrogen and oxygen atoms in total. The number of carbonyl (C=O) groups is 4. The molecule has 1 aromatic rings. The number of nitrogens with one attached hydrogen (secondary N) is 1. The molecule has 0 bridgehead atoms. The highest BCUT2D eigenvalue weighted by Crippen LogP contribution is 2.19. The second-order valence-electron chi connectivity index (χ2n) is 5.19. The number of benzene rings is 1. The van der Waals surface area contributed by atoms with Crippen molar-refractivity contribution in [2.45, 2.75) is 18.9 Å². The molecule has 0 saturated heterocycles. The number of rotatable bonds is 9. The molecular formula is C18H20N2O5. The monoisotopic (exact) mass is 344 g/mol. The van der Waals surface area contributed by atoms with Gasteiger partial charge in [-0.05, 0) is 24.6 Å². The van der Waals surface area contributed by atoms with Crippen molar-refractivity contribution < 1.29 is 23.9 Å². The van der Waals surface area contributed by atoms with E-state index in [1.165, 1.54) is 37.2 Å². The van der Waals surface area contributed by atoms with E-state index in [9.17, 15) is 19.2 Å². The largest absolute Gasteiger partial charge is 0.481 e. The number of terminal acetylenes is 1. The Kier molecular flexibility index (Phi) is 7.87. The SMILES string of the molecule is C#CCOc1ccc(C(=O)N(C)C(C=O)CCC(=O)NC)c(C=O)c1. The molecule has 0 saturated carbocycles. The third-order valence-electron chi connectivity index (χ3n) is 3.62. The molecule has 0 aliphatic heterocycles. The molecule has 0 radical (unpaired) electrons. The van der Waals surface area contributed by atoms with Crippen LogP contribution >= 0.6 is 0 Å². The summed E-state index contributed by atoms with van der Waals surface area (Å²) in [6.07, 6.45) is 6.54. The van der Waals surface area contributed by atoms with Gasteiger partial charge in [0, 0.05) is 26.1 Å². The predicted octanol–water partition coefficient (Wildman–Crippen LogP) is 0.677. The van der Waals surface area contributed by atoms with Crippen molar-refractivity contribution in [3.8, 4) is 18.1 Å². The molecule has 0 fully saturated rings. The van der Waals surface area contributed by atoms with Crippen LogP contribution in [0.4, 0.5) is 0 Å². The summed E-state index contributed by atoms with van der Waals surface area (Å²) >= 11 is 0. The number of hydrogen-bond donors (Lipinski definition) is 1. The fraction of sp³-hybridized carbons (Fsp3) is 0.333. The summed E-state index contributed by atoms with van der Waals surface area (Å²) in [5.74, 6) is 1.94. The standard InChI is InChI=1S/C18H20N2O5/c1-4-9-25-15-6-7-16(13(10-15)11-21)18(24)20(3)14(12-22)5-8-17(23)19-2/h1,6-7,10-12,14H,5,8-9H2,2-3H3,(H,19,23). The number of ether oxygens (including phenoxy) is 1. The van der Waals surface area contributed by atoms with Crippen molar-refractivity contribution >= 4 is 24.4 Å². The van der Waals surface area contributed by atoms with Crippen molar-refractivity contribution in [3.05, 3.63) is 29.3 Å². The maximum atomic E-state index is 12.6. The van der Waals surface area contributed by atoms with Crippen LogP contribution in [0.15, 0.2) is 18.2 Å². The number of amides is 2. The van der Waals surface area contributed by atoms with Crippen molar-refractivity contribution in [2.24, 2.45) is 0 Å². The second-order valence-corrected chi connectivity index (χ2v) is 5.19. The molecule has 132 valence electrons. The first-order valence-corrected chi connectivity index (χ1v) is 7.57. The van der Waals surface area contributed by atoms with E-state index < -0.39 is 11.9 Å². The van der Waals surface area contributed by atoms with Gasteiger partial charge in [-0.1, -0.05) is 5.92 Å². The van der Waals surface area contributed by atoms with Crippen LogP contribution in [0, 0.1) is 12.3 Å². The van der Waals surface area contributed by atoms with Crippen molar-refractivity contribution in [2.75, 3.05) is 20.7 Å². The van der Waals surface area contributed by atoms with Gasteiger partial charge in [0.1, 0.15) is 18.6 Å². The van der Waals surface area contributed by atoms with E-state index in [4.69, 9.17) is 11.2 Å². The van der Waals surface area contributed by atoms with Gasteiger partial charge in [0.05, 0.1) is 11.6 Å². The lowest BCUT2D eigenvalue weighted by Gasteiger charge is -2.24. The Morgan fingerprint density at radius 3 is 2.68 bits per heavy atom. The van der Waals surface area contributed by atoms with Crippen LogP contribution in [0.1, 0.15) is 33.6 Å². The normalized spacial score (nSPS) is 10.9. The third-order valence-corrected chi connectivity index (χ3v) is 3.62. The number of carbonyl (C=O) groups excluding carboxylic acids is 4. The molecule has 1 unspecified atom stereocenters. The molecule has 1 N–H and O–H groups in total. The second kappa shape index (κ2) is 9.88. The Morgan fingerprint density at radius 1 is 1.40 bits per heavy atom. The lowest BCUT2D eigenvalue weighted by atomic mass is 10.0. The number of aldehydes is 2. The van der Waals surface area contributed by atoms with E-state index in [2.05, 4.69) is 11.2 Å². The topological polar surface area (TPSA) is 92.8 Å². The van der Waals surface area contributed by atoms with Gasteiger partial charge < -0.3 is 19.7 Å². The summed E-state index contributed by atoms with van der Waals surface area (Å²) in [6, 6.07) is 3.59. The van der Waals surface area contributed by atoms with Crippen molar-refractivity contribution in [1.82, 2.24) is 10.2 Å². The van der Waals surface area contributed by atoms with E-state index >= 15 is 0 Å². The summed E-state index contributed by atoms with van der Waals surface area (Å²) in [4.78, 5) is 47.7. The molecular weight excluding hydrogens is 324 g/mol. The van der Waals surface area contributed by atoms with Crippen molar-refractivity contribution in [3.63, 3.8) is 0 Å². The van der Waals surface area contributed by atoms with Gasteiger partial charge in [0.2, 0.25) is 5.91 Å². The van der Waals surface area contributed by atoms with Crippen LogP contribution in [0.25, 0.3) is 0 Å². The Labute approximate surface area is 146 Å². The predicted molar refractivity (Wildman–Crippen MR) is 91.4 cm³/mol. The third kappa shape index (κ3) is 5.46. The van der Waals surface area contributed by atoms with Gasteiger partial charge in [0.25, 0.3) is 5.91 Å². The molecule has 0 aromatic heterocycles. The van der Waals surface area contributed by atoms with Gasteiger partial charge in [-0.2, -0.15) is 0 Å². The molecule has 2 amide bonds. The highest BCUT2D eigenvalue weighted by Gasteiger charge is 2.23. The number of likely N-dealkylation sites (N-methyl/N-ethyl adjacent to an activating group) is 1. The lowest BCUT2D eigenvalue weighted by Crippen LogP contribution is -2.39. The van der Waals surface area contributed by atoms with Gasteiger partial charge in [-0.25, -0.2) is 0 Å². The molecule has 0 spiro atoms. The molecule has 1 aromatic carbocycles. The maximum Gasteiger partial charge on any atom is 0.254 e. The van der Waals surface area contributed by atoms with Crippen LogP contribution in [0.2, 0.25) is 0 Å². The molecule has 1 rings (SSSR count). The lowest BCUT2D eigenvalue weighted by molar-refractivity contribution is -0.121. The van der Waals surface area contributed by atoms with Crippen LogP contribution in [-0.2, 0) is 9.59 Å². The minimum absolute atomic E-state index is 0.0399. The Bertz CT molecular complexity index is 693. The molecule has 0 heterocycles. The fourth-order valence-electron chi connectivity index (χ4n) is 2.15. The minimum Gasteiger partial charge on any atom is -0.481 e. The fourth-order valence-corrected chi connectivity index (χ4v) is 2.15. The average molecular weight is 344 g/mol. The Balaban J connectivity index is 2.96.